The molecule has 78 valence electrons. The van der Waals surface area contributed by atoms with Gasteiger partial charge < -0.3 is 9.84 Å². The fourth-order valence-corrected chi connectivity index (χ4v) is 1.84. The Morgan fingerprint density at radius 3 is 3.21 bits per heavy atom. The van der Waals surface area contributed by atoms with Gasteiger partial charge in [-0.3, -0.25) is 0 Å². The van der Waals surface area contributed by atoms with E-state index in [-0.39, 0.29) is 0 Å². The number of hydrogen-bond acceptors (Lipinski definition) is 4. The summed E-state index contributed by atoms with van der Waals surface area (Å²) in [6.07, 6.45) is 4.15. The molecule has 2 rings (SSSR count). The second-order valence-corrected chi connectivity index (χ2v) is 3.92. The zero-order valence-corrected chi connectivity index (χ0v) is 8.62. The van der Waals surface area contributed by atoms with Crippen LogP contribution in [0.2, 0.25) is 0 Å². The summed E-state index contributed by atoms with van der Waals surface area (Å²) in [5, 5.41) is 7.32. The van der Waals surface area contributed by atoms with Crippen LogP contribution in [0.25, 0.3) is 0 Å². The van der Waals surface area contributed by atoms with Gasteiger partial charge in [0.05, 0.1) is 0 Å². The van der Waals surface area contributed by atoms with Crippen molar-refractivity contribution in [3.05, 3.63) is 11.7 Å². The number of rotatable bonds is 4. The van der Waals surface area contributed by atoms with Crippen molar-refractivity contribution in [3.63, 3.8) is 0 Å². The van der Waals surface area contributed by atoms with Crippen LogP contribution in [0.5, 0.6) is 0 Å². The first-order valence-electron chi connectivity index (χ1n) is 5.40. The van der Waals surface area contributed by atoms with Crippen molar-refractivity contribution >= 4 is 0 Å². The van der Waals surface area contributed by atoms with E-state index in [1.807, 2.05) is 0 Å². The Kier molecular flexibility index (Phi) is 3.14. The van der Waals surface area contributed by atoms with Crippen molar-refractivity contribution in [3.8, 4) is 0 Å². The molecule has 1 aliphatic heterocycles. The fraction of sp³-hybridized carbons (Fsp3) is 0.800. The molecule has 0 aliphatic carbocycles. The molecule has 0 spiro atoms. The van der Waals surface area contributed by atoms with Crippen molar-refractivity contribution in [2.75, 3.05) is 13.1 Å². The molecule has 1 aromatic rings. The molecule has 1 saturated heterocycles. The lowest BCUT2D eigenvalue weighted by molar-refractivity contribution is 0.369. The van der Waals surface area contributed by atoms with Gasteiger partial charge in [0.1, 0.15) is 0 Å². The molecular weight excluding hydrogens is 178 g/mol. The van der Waals surface area contributed by atoms with E-state index in [1.165, 1.54) is 6.42 Å². The van der Waals surface area contributed by atoms with Crippen molar-refractivity contribution in [1.82, 2.24) is 15.5 Å². The molecule has 1 aromatic heterocycles. The van der Waals surface area contributed by atoms with Crippen LogP contribution in [0.1, 0.15) is 31.5 Å². The van der Waals surface area contributed by atoms with E-state index in [0.717, 1.165) is 44.1 Å². The van der Waals surface area contributed by atoms with E-state index in [9.17, 15) is 0 Å². The van der Waals surface area contributed by atoms with Crippen molar-refractivity contribution in [2.45, 2.75) is 32.6 Å². The van der Waals surface area contributed by atoms with Crippen LogP contribution in [-0.2, 0) is 12.8 Å². The lowest BCUT2D eigenvalue weighted by Crippen LogP contribution is -2.11. The summed E-state index contributed by atoms with van der Waals surface area (Å²) >= 11 is 0. The minimum atomic E-state index is 0.696. The van der Waals surface area contributed by atoms with Crippen molar-refractivity contribution in [2.24, 2.45) is 5.92 Å². The number of nitrogens with one attached hydrogen (secondary N) is 1. The van der Waals surface area contributed by atoms with E-state index >= 15 is 0 Å². The van der Waals surface area contributed by atoms with Crippen LogP contribution in [0.3, 0.4) is 0 Å². The quantitative estimate of drug-likeness (QED) is 0.783. The Labute approximate surface area is 84.1 Å². The molecule has 14 heavy (non-hydrogen) atoms. The van der Waals surface area contributed by atoms with Gasteiger partial charge in [-0.1, -0.05) is 12.1 Å². The van der Waals surface area contributed by atoms with Crippen LogP contribution < -0.4 is 5.32 Å². The third kappa shape index (κ3) is 2.32. The maximum absolute atomic E-state index is 5.13. The maximum Gasteiger partial charge on any atom is 0.226 e. The summed E-state index contributed by atoms with van der Waals surface area (Å²) in [5.41, 5.74) is 0. The third-order valence-corrected chi connectivity index (χ3v) is 2.61. The molecule has 1 fully saturated rings. The lowest BCUT2D eigenvalue weighted by atomic mass is 10.1. The van der Waals surface area contributed by atoms with Crippen LogP contribution >= 0.6 is 0 Å². The summed E-state index contributed by atoms with van der Waals surface area (Å²) < 4.78 is 5.13. The summed E-state index contributed by atoms with van der Waals surface area (Å²) in [6, 6.07) is 0. The van der Waals surface area contributed by atoms with Crippen LogP contribution in [-0.4, -0.2) is 23.2 Å². The molecule has 4 nitrogen and oxygen atoms in total. The van der Waals surface area contributed by atoms with Gasteiger partial charge in [-0.15, -0.1) is 0 Å². The highest BCUT2D eigenvalue weighted by Gasteiger charge is 2.17. The first-order chi connectivity index (χ1) is 6.88. The van der Waals surface area contributed by atoms with Gasteiger partial charge in [0.2, 0.25) is 5.89 Å². The highest BCUT2D eigenvalue weighted by atomic mass is 16.5. The lowest BCUT2D eigenvalue weighted by Gasteiger charge is -2.01. The molecule has 2 heterocycles. The predicted octanol–water partition coefficient (Wildman–Crippen LogP) is 1.17. The molecular formula is C10H17N3O. The first kappa shape index (κ1) is 9.65. The third-order valence-electron chi connectivity index (χ3n) is 2.61. The van der Waals surface area contributed by atoms with Gasteiger partial charge in [0, 0.05) is 12.8 Å². The Morgan fingerprint density at radius 2 is 2.50 bits per heavy atom. The average Bonchev–Trinajstić information content (AvgIpc) is 2.79. The molecule has 1 atom stereocenters. The first-order valence-corrected chi connectivity index (χ1v) is 5.40. The fourth-order valence-electron chi connectivity index (χ4n) is 1.84. The minimum absolute atomic E-state index is 0.696. The summed E-state index contributed by atoms with van der Waals surface area (Å²) in [6.45, 7) is 4.34. The van der Waals surface area contributed by atoms with Gasteiger partial charge in [0.25, 0.3) is 0 Å². The van der Waals surface area contributed by atoms with Crippen LogP contribution in [0.4, 0.5) is 0 Å². The summed E-state index contributed by atoms with van der Waals surface area (Å²) in [5.74, 6) is 2.36. The second-order valence-electron chi connectivity index (χ2n) is 3.92. The molecule has 1 aliphatic rings. The zero-order valence-electron chi connectivity index (χ0n) is 8.62. The Bertz CT molecular complexity index is 279. The summed E-state index contributed by atoms with van der Waals surface area (Å²) in [4.78, 5) is 4.36. The maximum atomic E-state index is 5.13. The normalized spacial score (nSPS) is 21.6. The molecule has 0 saturated carbocycles. The monoisotopic (exact) mass is 195 g/mol. The Hall–Kier alpha value is -0.900. The molecule has 1 unspecified atom stereocenters. The Balaban J connectivity index is 1.88. The largest absolute Gasteiger partial charge is 0.339 e. The van der Waals surface area contributed by atoms with Gasteiger partial charge in [0.15, 0.2) is 5.82 Å². The molecule has 0 bridgehead atoms. The second kappa shape index (κ2) is 4.55. The molecule has 0 radical (unpaired) electrons. The van der Waals surface area contributed by atoms with Gasteiger partial charge in [-0.25, -0.2) is 0 Å². The smallest absolute Gasteiger partial charge is 0.226 e. The van der Waals surface area contributed by atoms with Crippen LogP contribution in [0, 0.1) is 5.92 Å². The molecule has 0 amide bonds. The molecule has 4 heteroatoms. The number of aromatic nitrogens is 2. The van der Waals surface area contributed by atoms with Crippen LogP contribution in [0.15, 0.2) is 4.52 Å². The van der Waals surface area contributed by atoms with E-state index in [0.29, 0.717) is 5.92 Å². The predicted molar refractivity (Wildman–Crippen MR) is 53.0 cm³/mol. The topological polar surface area (TPSA) is 51.0 Å². The standard InChI is InChI=1S/C10H17N3O/c1-2-3-10-12-9(13-14-10)6-8-4-5-11-7-8/h8,11H,2-7H2,1H3. The number of hydrogen-bond donors (Lipinski definition) is 1. The number of nitrogens with zero attached hydrogens (tertiary/aromatic N) is 2. The highest BCUT2D eigenvalue weighted by Crippen LogP contribution is 2.13. The summed E-state index contributed by atoms with van der Waals surface area (Å²) in [7, 11) is 0. The highest BCUT2D eigenvalue weighted by molar-refractivity contribution is 4.90. The number of aryl methyl sites for hydroxylation is 1. The average molecular weight is 195 g/mol. The SMILES string of the molecule is CCCc1nc(CC2CCNC2)no1. The Morgan fingerprint density at radius 1 is 1.57 bits per heavy atom. The van der Waals surface area contributed by atoms with E-state index in [4.69, 9.17) is 4.52 Å². The van der Waals surface area contributed by atoms with E-state index < -0.39 is 0 Å². The van der Waals surface area contributed by atoms with Gasteiger partial charge in [-0.05, 0) is 31.8 Å². The van der Waals surface area contributed by atoms with Crippen molar-refractivity contribution in [1.29, 1.82) is 0 Å². The minimum Gasteiger partial charge on any atom is -0.339 e. The molecule has 0 aromatic carbocycles. The van der Waals surface area contributed by atoms with E-state index in [2.05, 4.69) is 22.4 Å². The van der Waals surface area contributed by atoms with Gasteiger partial charge in [-0.2, -0.15) is 4.98 Å². The zero-order chi connectivity index (χ0) is 9.80. The molecule has 1 N–H and O–H groups in total. The van der Waals surface area contributed by atoms with Crippen molar-refractivity contribution < 1.29 is 4.52 Å². The van der Waals surface area contributed by atoms with E-state index in [1.54, 1.807) is 0 Å². The van der Waals surface area contributed by atoms with Gasteiger partial charge >= 0.3 is 0 Å².